The first-order valence-corrected chi connectivity index (χ1v) is 12.0. The highest BCUT2D eigenvalue weighted by Gasteiger charge is 2.43. The first-order valence-electron chi connectivity index (χ1n) is 12.0. The number of carbonyl (C=O) groups is 1. The molecule has 2 aliphatic rings. The van der Waals surface area contributed by atoms with E-state index in [1.807, 2.05) is 46.0 Å². The summed E-state index contributed by atoms with van der Waals surface area (Å²) in [4.78, 5) is 18.6. The van der Waals surface area contributed by atoms with E-state index in [-0.39, 0.29) is 6.09 Å². The van der Waals surface area contributed by atoms with Crippen molar-refractivity contribution in [3.8, 4) is 22.6 Å². The molecule has 2 aliphatic heterocycles. The predicted octanol–water partition coefficient (Wildman–Crippen LogP) is 5.86. The molecule has 0 N–H and O–H groups in total. The van der Waals surface area contributed by atoms with Crippen molar-refractivity contribution in [3.63, 3.8) is 0 Å². The van der Waals surface area contributed by atoms with Gasteiger partial charge in [0.1, 0.15) is 5.60 Å². The van der Waals surface area contributed by atoms with E-state index in [1.165, 1.54) is 0 Å². The van der Waals surface area contributed by atoms with Crippen molar-refractivity contribution >= 4 is 16.9 Å². The summed E-state index contributed by atoms with van der Waals surface area (Å²) in [6.45, 7) is 9.08. The van der Waals surface area contributed by atoms with Gasteiger partial charge < -0.3 is 23.8 Å². The van der Waals surface area contributed by atoms with Gasteiger partial charge in [-0.1, -0.05) is 12.1 Å². The van der Waals surface area contributed by atoms with Gasteiger partial charge in [0, 0.05) is 48.8 Å². The summed E-state index contributed by atoms with van der Waals surface area (Å²) in [6, 6.07) is 12.5. The lowest BCUT2D eigenvalue weighted by molar-refractivity contribution is -0.227. The second-order valence-electron chi connectivity index (χ2n) is 10.3. The molecule has 1 aromatic heterocycles. The molecule has 0 unspecified atom stereocenters. The van der Waals surface area contributed by atoms with E-state index >= 15 is 0 Å². The number of carbonyl (C=O) groups excluding carboxylic acids is 1. The lowest BCUT2D eigenvalue weighted by Crippen LogP contribution is -2.53. The van der Waals surface area contributed by atoms with Gasteiger partial charge in [0.25, 0.3) is 0 Å². The first-order chi connectivity index (χ1) is 16.7. The van der Waals surface area contributed by atoms with Crippen molar-refractivity contribution in [3.05, 3.63) is 53.9 Å². The average Bonchev–Trinajstić information content (AvgIpc) is 2.83. The maximum atomic E-state index is 12.5. The molecule has 7 heteroatoms. The molecule has 7 nitrogen and oxygen atoms in total. The average molecular weight is 477 g/mol. The summed E-state index contributed by atoms with van der Waals surface area (Å²) in [6.07, 6.45) is 2.67. The number of amides is 1. The topological polar surface area (TPSA) is 70.1 Å². The van der Waals surface area contributed by atoms with Crippen LogP contribution in [-0.2, 0) is 16.1 Å². The summed E-state index contributed by atoms with van der Waals surface area (Å²) in [5, 5.41) is 2.29. The van der Waals surface area contributed by atoms with Gasteiger partial charge in [0.15, 0.2) is 11.5 Å². The molecule has 35 heavy (non-hydrogen) atoms. The Labute approximate surface area is 205 Å². The standard InChI is InChI=1S/C28H32N2O5/c1-18-23-7-6-19(14-20(23)8-11-29-18)21-15-22-17-33-28(34-25(22)24(16-21)32-5)9-12-30(13-10-28)26(31)35-27(2,3)4/h6-8,11,14-16H,9-10,12-13,17H2,1-5H3. The quantitative estimate of drug-likeness (QED) is 0.462. The van der Waals surface area contributed by atoms with Crippen molar-refractivity contribution in [2.45, 2.75) is 58.5 Å². The maximum absolute atomic E-state index is 12.5. The van der Waals surface area contributed by atoms with Crippen LogP contribution in [0.3, 0.4) is 0 Å². The van der Waals surface area contributed by atoms with E-state index in [0.29, 0.717) is 44.0 Å². The zero-order chi connectivity index (χ0) is 24.8. The van der Waals surface area contributed by atoms with Crippen molar-refractivity contribution in [1.82, 2.24) is 9.88 Å². The predicted molar refractivity (Wildman–Crippen MR) is 134 cm³/mol. The number of rotatable bonds is 2. The minimum absolute atomic E-state index is 0.299. The minimum atomic E-state index is -0.770. The van der Waals surface area contributed by atoms with Crippen LogP contribution in [0.4, 0.5) is 4.79 Å². The number of fused-ring (bicyclic) bond motifs is 2. The zero-order valence-electron chi connectivity index (χ0n) is 21.0. The van der Waals surface area contributed by atoms with Crippen LogP contribution in [-0.4, -0.2) is 47.6 Å². The van der Waals surface area contributed by atoms with Crippen molar-refractivity contribution in [2.24, 2.45) is 0 Å². The van der Waals surface area contributed by atoms with Gasteiger partial charge in [0.05, 0.1) is 13.7 Å². The number of nitrogens with zero attached hydrogens (tertiary/aromatic N) is 2. The second-order valence-corrected chi connectivity index (χ2v) is 10.3. The third-order valence-electron chi connectivity index (χ3n) is 6.60. The number of pyridine rings is 1. The van der Waals surface area contributed by atoms with E-state index in [4.69, 9.17) is 18.9 Å². The number of likely N-dealkylation sites (tertiary alicyclic amines) is 1. The molecule has 184 valence electrons. The highest BCUT2D eigenvalue weighted by molar-refractivity contribution is 5.89. The molecule has 1 spiro atoms. The molecular weight excluding hydrogens is 444 g/mol. The molecule has 5 rings (SSSR count). The molecule has 1 saturated heterocycles. The SMILES string of the molecule is COc1cc(-c2ccc3c(C)nccc3c2)cc2c1OC1(CCN(C(=O)OC(C)(C)C)CC1)OC2. The van der Waals surface area contributed by atoms with E-state index in [2.05, 4.69) is 29.2 Å². The van der Waals surface area contributed by atoms with E-state index in [9.17, 15) is 4.79 Å². The monoisotopic (exact) mass is 476 g/mol. The molecular formula is C28H32N2O5. The summed E-state index contributed by atoms with van der Waals surface area (Å²) < 4.78 is 24.0. The fourth-order valence-corrected chi connectivity index (χ4v) is 4.74. The van der Waals surface area contributed by atoms with Crippen LogP contribution in [0.1, 0.15) is 44.9 Å². The Morgan fingerprint density at radius 1 is 1.09 bits per heavy atom. The number of methoxy groups -OCH3 is 1. The smallest absolute Gasteiger partial charge is 0.410 e. The number of ether oxygens (including phenoxy) is 4. The largest absolute Gasteiger partial charge is 0.493 e. The molecule has 3 heterocycles. The molecule has 0 atom stereocenters. The third kappa shape index (κ3) is 4.65. The molecule has 1 amide bonds. The van der Waals surface area contributed by atoms with Crippen LogP contribution < -0.4 is 9.47 Å². The third-order valence-corrected chi connectivity index (χ3v) is 6.60. The number of hydrogen-bond donors (Lipinski definition) is 0. The molecule has 2 aromatic carbocycles. The van der Waals surface area contributed by atoms with Gasteiger partial charge in [-0.25, -0.2) is 4.79 Å². The zero-order valence-corrected chi connectivity index (χ0v) is 21.0. The lowest BCUT2D eigenvalue weighted by Gasteiger charge is -2.44. The molecule has 0 radical (unpaired) electrons. The van der Waals surface area contributed by atoms with Gasteiger partial charge >= 0.3 is 6.09 Å². The summed E-state index contributed by atoms with van der Waals surface area (Å²) >= 11 is 0. The summed E-state index contributed by atoms with van der Waals surface area (Å²) in [5.74, 6) is 0.628. The van der Waals surface area contributed by atoms with Gasteiger partial charge in [-0.15, -0.1) is 0 Å². The number of aromatic nitrogens is 1. The summed E-state index contributed by atoms with van der Waals surface area (Å²) in [7, 11) is 1.66. The van der Waals surface area contributed by atoms with Gasteiger partial charge in [-0.2, -0.15) is 0 Å². The first kappa shape index (κ1) is 23.4. The van der Waals surface area contributed by atoms with E-state index in [1.54, 1.807) is 12.0 Å². The fourth-order valence-electron chi connectivity index (χ4n) is 4.74. The maximum Gasteiger partial charge on any atom is 0.410 e. The van der Waals surface area contributed by atoms with Gasteiger partial charge in [-0.05, 0) is 68.5 Å². The minimum Gasteiger partial charge on any atom is -0.493 e. The molecule has 1 fully saturated rings. The Balaban J connectivity index is 1.37. The highest BCUT2D eigenvalue weighted by atomic mass is 16.7. The van der Waals surface area contributed by atoms with Crippen molar-refractivity contribution in [2.75, 3.05) is 20.2 Å². The van der Waals surface area contributed by atoms with E-state index < -0.39 is 11.4 Å². The van der Waals surface area contributed by atoms with Crippen molar-refractivity contribution in [1.29, 1.82) is 0 Å². The fraction of sp³-hybridized carbons (Fsp3) is 0.429. The highest BCUT2D eigenvalue weighted by Crippen LogP contribution is 2.45. The molecule has 0 bridgehead atoms. The number of hydrogen-bond acceptors (Lipinski definition) is 6. The lowest BCUT2D eigenvalue weighted by atomic mass is 9.97. The van der Waals surface area contributed by atoms with Crippen LogP contribution >= 0.6 is 0 Å². The summed E-state index contributed by atoms with van der Waals surface area (Å²) in [5.41, 5.74) is 3.58. The normalized spacial score (nSPS) is 17.1. The van der Waals surface area contributed by atoms with E-state index in [0.717, 1.165) is 33.2 Å². The van der Waals surface area contributed by atoms with Crippen LogP contribution in [0.2, 0.25) is 0 Å². The number of aryl methyl sites for hydroxylation is 1. The Bertz CT molecular complexity index is 1260. The molecule has 0 aliphatic carbocycles. The molecule has 3 aromatic rings. The van der Waals surface area contributed by atoms with Crippen molar-refractivity contribution < 1.29 is 23.7 Å². The van der Waals surface area contributed by atoms with Crippen LogP contribution in [0, 0.1) is 6.92 Å². The van der Waals surface area contributed by atoms with Gasteiger partial charge in [-0.3, -0.25) is 4.98 Å². The second kappa shape index (κ2) is 8.72. The number of benzene rings is 2. The van der Waals surface area contributed by atoms with Gasteiger partial charge in [0.2, 0.25) is 5.79 Å². The number of piperidine rings is 1. The Morgan fingerprint density at radius 3 is 2.57 bits per heavy atom. The van der Waals surface area contributed by atoms with Crippen LogP contribution in [0.5, 0.6) is 11.5 Å². The van der Waals surface area contributed by atoms with Crippen LogP contribution in [0.25, 0.3) is 21.9 Å². The van der Waals surface area contributed by atoms with Crippen LogP contribution in [0.15, 0.2) is 42.6 Å². The Hall–Kier alpha value is -3.32. The Morgan fingerprint density at radius 2 is 1.86 bits per heavy atom. The Kier molecular flexibility index (Phi) is 5.83. The molecule has 0 saturated carbocycles.